The first-order valence-corrected chi connectivity index (χ1v) is 10.8. The average molecular weight is 442 g/mol. The molecule has 0 bridgehead atoms. The molecule has 9 heteroatoms. The molecule has 2 aromatic carbocycles. The van der Waals surface area contributed by atoms with Crippen LogP contribution in [0.2, 0.25) is 0 Å². The van der Waals surface area contributed by atoms with E-state index in [0.717, 1.165) is 5.56 Å². The lowest BCUT2D eigenvalue weighted by Crippen LogP contribution is -2.25. The number of nitrogens with one attached hydrogen (secondary N) is 1. The molecule has 0 saturated carbocycles. The van der Waals surface area contributed by atoms with Crippen LogP contribution in [0, 0.1) is 13.8 Å². The number of nitrogens with zero attached hydrogens (tertiary/aromatic N) is 2. The first-order chi connectivity index (χ1) is 14.7. The summed E-state index contributed by atoms with van der Waals surface area (Å²) < 4.78 is 31.8. The summed E-state index contributed by atoms with van der Waals surface area (Å²) in [6.07, 6.45) is 1.40. The van der Waals surface area contributed by atoms with Gasteiger partial charge in [0.15, 0.2) is 5.03 Å². The lowest BCUT2D eigenvalue weighted by Gasteiger charge is -2.26. The zero-order chi connectivity index (χ0) is 22.8. The maximum absolute atomic E-state index is 13.4. The van der Waals surface area contributed by atoms with E-state index in [2.05, 4.69) is 4.98 Å². The third kappa shape index (κ3) is 4.10. The van der Waals surface area contributed by atoms with Crippen LogP contribution in [0.1, 0.15) is 21.5 Å². The van der Waals surface area contributed by atoms with Gasteiger partial charge < -0.3 is 9.64 Å². The van der Waals surface area contributed by atoms with Crippen LogP contribution in [0.25, 0.3) is 0 Å². The van der Waals surface area contributed by atoms with Crippen LogP contribution < -0.4 is 15.1 Å². The predicted molar refractivity (Wildman–Crippen MR) is 116 cm³/mol. The number of hydroxylamine groups is 1. The number of rotatable bonds is 6. The summed E-state index contributed by atoms with van der Waals surface area (Å²) in [5, 5.41) is 9.07. The Balaban J connectivity index is 2.19. The minimum Gasteiger partial charge on any atom is -0.497 e. The molecule has 3 aromatic rings. The molecule has 31 heavy (non-hydrogen) atoms. The number of pyridine rings is 1. The number of aryl methyl sites for hydroxylation is 2. The van der Waals surface area contributed by atoms with E-state index in [1.165, 1.54) is 25.4 Å². The number of sulfone groups is 1. The van der Waals surface area contributed by atoms with Crippen LogP contribution in [0.3, 0.4) is 0 Å². The number of anilines is 2. The van der Waals surface area contributed by atoms with Crippen LogP contribution in [-0.2, 0) is 9.84 Å². The van der Waals surface area contributed by atoms with Crippen LogP contribution in [-0.4, -0.2) is 38.7 Å². The van der Waals surface area contributed by atoms with Gasteiger partial charge in [0.1, 0.15) is 5.75 Å². The van der Waals surface area contributed by atoms with Gasteiger partial charge in [-0.25, -0.2) is 18.9 Å². The quantitative estimate of drug-likeness (QED) is 0.446. The summed E-state index contributed by atoms with van der Waals surface area (Å²) in [7, 11) is -0.815. The molecule has 0 radical (unpaired) electrons. The van der Waals surface area contributed by atoms with Crippen molar-refractivity contribution in [1.29, 1.82) is 0 Å². The van der Waals surface area contributed by atoms with Crippen LogP contribution >= 0.6 is 0 Å². The van der Waals surface area contributed by atoms with Crippen molar-refractivity contribution in [2.45, 2.75) is 23.8 Å². The molecule has 0 aliphatic carbocycles. The Labute approximate surface area is 181 Å². The zero-order valence-electron chi connectivity index (χ0n) is 17.6. The van der Waals surface area contributed by atoms with Gasteiger partial charge in [-0.05, 0) is 61.4 Å². The van der Waals surface area contributed by atoms with Crippen LogP contribution in [0.5, 0.6) is 5.75 Å². The molecule has 1 heterocycles. The molecule has 0 aliphatic heterocycles. The topological polar surface area (TPSA) is 109 Å². The first kappa shape index (κ1) is 22.3. The molecule has 0 unspecified atom stereocenters. The van der Waals surface area contributed by atoms with E-state index >= 15 is 0 Å². The van der Waals surface area contributed by atoms with Gasteiger partial charge in [-0.3, -0.25) is 10.0 Å². The van der Waals surface area contributed by atoms with Crippen molar-refractivity contribution in [2.75, 3.05) is 19.1 Å². The molecular formula is C22H23N3O5S. The van der Waals surface area contributed by atoms with E-state index in [-0.39, 0.29) is 15.5 Å². The van der Waals surface area contributed by atoms with E-state index in [0.29, 0.717) is 22.7 Å². The molecule has 0 saturated heterocycles. The van der Waals surface area contributed by atoms with Crippen molar-refractivity contribution in [3.8, 4) is 5.75 Å². The van der Waals surface area contributed by atoms with Gasteiger partial charge in [0.25, 0.3) is 5.91 Å². The third-order valence-electron chi connectivity index (χ3n) is 4.99. The van der Waals surface area contributed by atoms with Gasteiger partial charge >= 0.3 is 0 Å². The SMILES string of the molecule is COc1ccc(S(=O)(=O)c2ncccc2N(C)c2c(C)ccc(C)c2C(=O)NO)cc1. The highest BCUT2D eigenvalue weighted by atomic mass is 32.2. The smallest absolute Gasteiger partial charge is 0.277 e. The Kier molecular flexibility index (Phi) is 6.28. The Morgan fingerprint density at radius 1 is 1.06 bits per heavy atom. The fourth-order valence-electron chi connectivity index (χ4n) is 3.40. The van der Waals surface area contributed by atoms with E-state index in [9.17, 15) is 18.4 Å². The van der Waals surface area contributed by atoms with Gasteiger partial charge in [0, 0.05) is 13.2 Å². The predicted octanol–water partition coefficient (Wildman–Crippen LogP) is 3.43. The second-order valence-corrected chi connectivity index (χ2v) is 8.79. The molecule has 8 nitrogen and oxygen atoms in total. The number of amides is 1. The standard InChI is InChI=1S/C22H23N3O5S/c1-14-7-8-15(2)20(19(14)21(26)24-27)25(3)18-6-5-13-23-22(18)31(28,29)17-11-9-16(30-4)10-12-17/h5-13,27H,1-4H3,(H,24,26). The molecule has 0 atom stereocenters. The fraction of sp³-hybridized carbons (Fsp3) is 0.182. The van der Waals surface area contributed by atoms with Crippen LogP contribution in [0.15, 0.2) is 64.6 Å². The summed E-state index contributed by atoms with van der Waals surface area (Å²) in [5.74, 6) is -0.154. The number of benzene rings is 2. The second kappa shape index (κ2) is 8.75. The van der Waals surface area contributed by atoms with Crippen molar-refractivity contribution < 1.29 is 23.2 Å². The summed E-state index contributed by atoms with van der Waals surface area (Å²) in [6.45, 7) is 3.53. The molecular weight excluding hydrogens is 418 g/mol. The van der Waals surface area contributed by atoms with Crippen molar-refractivity contribution in [2.24, 2.45) is 0 Å². The van der Waals surface area contributed by atoms with Gasteiger partial charge in [0.2, 0.25) is 9.84 Å². The Morgan fingerprint density at radius 3 is 2.32 bits per heavy atom. The number of ether oxygens (including phenoxy) is 1. The van der Waals surface area contributed by atoms with E-state index in [1.807, 2.05) is 6.07 Å². The third-order valence-corrected chi connectivity index (χ3v) is 6.71. The van der Waals surface area contributed by atoms with Crippen molar-refractivity contribution in [3.63, 3.8) is 0 Å². The van der Waals surface area contributed by atoms with E-state index < -0.39 is 15.7 Å². The van der Waals surface area contributed by atoms with Crippen LogP contribution in [0.4, 0.5) is 11.4 Å². The normalized spacial score (nSPS) is 11.1. The number of hydrogen-bond acceptors (Lipinski definition) is 7. The lowest BCUT2D eigenvalue weighted by atomic mass is 10.0. The van der Waals surface area contributed by atoms with Gasteiger partial charge in [-0.2, -0.15) is 0 Å². The number of aromatic nitrogens is 1. The Hall–Kier alpha value is -3.43. The number of carbonyl (C=O) groups excluding carboxylic acids is 1. The maximum atomic E-state index is 13.4. The Bertz CT molecular complexity index is 1220. The fourth-order valence-corrected chi connectivity index (χ4v) is 4.80. The highest BCUT2D eigenvalue weighted by Gasteiger charge is 2.28. The lowest BCUT2D eigenvalue weighted by molar-refractivity contribution is 0.0706. The minimum absolute atomic E-state index is 0.0657. The zero-order valence-corrected chi connectivity index (χ0v) is 18.4. The molecule has 0 aliphatic rings. The van der Waals surface area contributed by atoms with Crippen molar-refractivity contribution >= 4 is 27.1 Å². The summed E-state index contributed by atoms with van der Waals surface area (Å²) >= 11 is 0. The van der Waals surface area contributed by atoms with Crippen molar-refractivity contribution in [3.05, 3.63) is 71.4 Å². The van der Waals surface area contributed by atoms with Gasteiger partial charge in [0.05, 0.1) is 28.9 Å². The number of methoxy groups -OCH3 is 1. The molecule has 2 N–H and O–H groups in total. The number of carbonyl (C=O) groups is 1. The molecule has 162 valence electrons. The summed E-state index contributed by atoms with van der Waals surface area (Å²) in [4.78, 5) is 18.2. The van der Waals surface area contributed by atoms with Crippen molar-refractivity contribution in [1.82, 2.24) is 10.5 Å². The summed E-state index contributed by atoms with van der Waals surface area (Å²) in [5.41, 5.74) is 4.01. The Morgan fingerprint density at radius 2 is 1.71 bits per heavy atom. The summed E-state index contributed by atoms with van der Waals surface area (Å²) in [6, 6.07) is 12.9. The molecule has 1 amide bonds. The first-order valence-electron chi connectivity index (χ1n) is 9.35. The molecule has 0 fully saturated rings. The van der Waals surface area contributed by atoms with Gasteiger partial charge in [-0.15, -0.1) is 0 Å². The monoisotopic (exact) mass is 441 g/mol. The van der Waals surface area contributed by atoms with E-state index in [1.54, 1.807) is 61.6 Å². The molecule has 0 spiro atoms. The highest BCUT2D eigenvalue weighted by Crippen LogP contribution is 2.36. The number of hydrogen-bond donors (Lipinski definition) is 2. The molecule has 3 rings (SSSR count). The largest absolute Gasteiger partial charge is 0.497 e. The average Bonchev–Trinajstić information content (AvgIpc) is 2.79. The maximum Gasteiger partial charge on any atom is 0.277 e. The van der Waals surface area contributed by atoms with Gasteiger partial charge in [-0.1, -0.05) is 12.1 Å². The van der Waals surface area contributed by atoms with E-state index in [4.69, 9.17) is 4.74 Å². The minimum atomic E-state index is -3.97. The molecule has 1 aromatic heterocycles. The second-order valence-electron chi connectivity index (χ2n) is 6.93. The highest BCUT2D eigenvalue weighted by molar-refractivity contribution is 7.91.